The molecule has 0 bridgehead atoms. The van der Waals surface area contributed by atoms with Crippen molar-refractivity contribution in [2.75, 3.05) is 0 Å². The van der Waals surface area contributed by atoms with E-state index >= 15 is 0 Å². The molecule has 0 aromatic rings. The molecular weight excluding hydrogens is 342 g/mol. The van der Waals surface area contributed by atoms with Crippen molar-refractivity contribution in [2.45, 2.75) is 0 Å². The van der Waals surface area contributed by atoms with Crippen molar-refractivity contribution in [3.8, 4) is 0 Å². The molecule has 0 aliphatic carbocycles. The summed E-state index contributed by atoms with van der Waals surface area (Å²) in [5, 5.41) is 49.0. The zero-order chi connectivity index (χ0) is 15.5. The fraction of sp³-hybridized carbons (Fsp3) is 0. The molecule has 0 fully saturated rings. The molecule has 12 nitrogen and oxygen atoms in total. The smallest absolute Gasteiger partial charge is 0.543 e. The Hall–Kier alpha value is -1.66. The van der Waals surface area contributed by atoms with E-state index in [4.69, 9.17) is 59.4 Å². The predicted octanol–water partition coefficient (Wildman–Crippen LogP) is -9.54. The fourth-order valence-corrected chi connectivity index (χ4v) is 0. The molecule has 0 aliphatic heterocycles. The molecule has 0 amide bonds. The van der Waals surface area contributed by atoms with Crippen LogP contribution in [-0.4, -0.2) is 51.1 Å². The third-order valence-corrected chi connectivity index (χ3v) is 0.524. The van der Waals surface area contributed by atoms with Gasteiger partial charge in [-0.3, -0.25) is 0 Å². The van der Waals surface area contributed by atoms with Crippen molar-refractivity contribution < 1.29 is 106 Å². The number of carbonyl (C=O) groups excluding carboxylic acids is 3. The van der Waals surface area contributed by atoms with Gasteiger partial charge in [-0.25, -0.2) is 14.4 Å². The molecule has 0 aliphatic rings. The SMILES string of the molecule is O=C(O)C(=O)O.O=C([O-])C(=O)O.O=C([O-])C(=O)[O-].[Mn+2].[Na+]. The minimum absolute atomic E-state index is 0. The van der Waals surface area contributed by atoms with Gasteiger partial charge >= 0.3 is 64.5 Å². The number of carbonyl (C=O) groups is 6. The van der Waals surface area contributed by atoms with Gasteiger partial charge in [0, 0.05) is 0 Å². The van der Waals surface area contributed by atoms with Gasteiger partial charge in [0.25, 0.3) is 0 Å². The average Bonchev–Trinajstić information content (AvgIpc) is 2.18. The van der Waals surface area contributed by atoms with Crippen molar-refractivity contribution in [1.29, 1.82) is 0 Å². The minimum Gasteiger partial charge on any atom is -0.543 e. The summed E-state index contributed by atoms with van der Waals surface area (Å²) >= 11 is 0. The Bertz CT molecular complexity index is 283. The second-order valence-corrected chi connectivity index (χ2v) is 1.78. The molecular formula is C6H3MnNaO12. The van der Waals surface area contributed by atoms with Crippen LogP contribution in [0.2, 0.25) is 0 Å². The standard InChI is InChI=1S/3C2H2O4.Mn.Na/c3*3-1(4)2(5)6;;/h3*(H,3,4)(H,5,6);;/q;;;+2;+1/p-3. The Morgan fingerprint density at radius 3 is 0.700 bits per heavy atom. The molecule has 3 N–H and O–H groups in total. The van der Waals surface area contributed by atoms with E-state index in [2.05, 4.69) is 0 Å². The van der Waals surface area contributed by atoms with Gasteiger partial charge in [-0.15, -0.1) is 0 Å². The van der Waals surface area contributed by atoms with Crippen molar-refractivity contribution in [3.05, 3.63) is 0 Å². The van der Waals surface area contributed by atoms with Crippen LogP contribution in [0.15, 0.2) is 0 Å². The van der Waals surface area contributed by atoms with Crippen LogP contribution in [0.1, 0.15) is 0 Å². The Morgan fingerprint density at radius 1 is 0.550 bits per heavy atom. The summed E-state index contributed by atoms with van der Waals surface area (Å²) in [4.78, 5) is 54.1. The Morgan fingerprint density at radius 2 is 0.700 bits per heavy atom. The monoisotopic (exact) mass is 345 g/mol. The van der Waals surface area contributed by atoms with Crippen molar-refractivity contribution in [3.63, 3.8) is 0 Å². The van der Waals surface area contributed by atoms with E-state index in [-0.39, 0.29) is 46.6 Å². The number of hydrogen-bond acceptors (Lipinski definition) is 9. The van der Waals surface area contributed by atoms with Crippen LogP contribution in [0.5, 0.6) is 0 Å². The van der Waals surface area contributed by atoms with E-state index in [1.165, 1.54) is 0 Å². The zero-order valence-corrected chi connectivity index (χ0v) is 12.6. The van der Waals surface area contributed by atoms with E-state index in [1.54, 1.807) is 0 Å². The summed E-state index contributed by atoms with van der Waals surface area (Å²) < 4.78 is 0. The van der Waals surface area contributed by atoms with Crippen molar-refractivity contribution in [1.82, 2.24) is 0 Å². The quantitative estimate of drug-likeness (QED) is 0.274. The minimum atomic E-state index is -2.19. The summed E-state index contributed by atoms with van der Waals surface area (Å²) in [5.41, 5.74) is 0. The zero-order valence-electron chi connectivity index (χ0n) is 9.39. The first kappa shape index (κ1) is 31.0. The van der Waals surface area contributed by atoms with E-state index in [1.807, 2.05) is 0 Å². The third-order valence-electron chi connectivity index (χ3n) is 0.524. The molecule has 0 aromatic heterocycles. The van der Waals surface area contributed by atoms with Crippen molar-refractivity contribution >= 4 is 35.8 Å². The number of carboxylic acids is 6. The molecule has 0 spiro atoms. The maximum absolute atomic E-state index is 9.10. The second kappa shape index (κ2) is 17.3. The molecule has 0 aromatic carbocycles. The van der Waals surface area contributed by atoms with Crippen LogP contribution < -0.4 is 44.9 Å². The van der Waals surface area contributed by atoms with Gasteiger partial charge in [0.15, 0.2) is 5.97 Å². The van der Waals surface area contributed by atoms with Crippen LogP contribution in [0, 0.1) is 0 Å². The summed E-state index contributed by atoms with van der Waals surface area (Å²) in [6.45, 7) is 0. The number of rotatable bonds is 0. The normalized spacial score (nSPS) is 6.60. The van der Waals surface area contributed by atoms with Gasteiger partial charge in [0.05, 0.1) is 11.9 Å². The molecule has 0 heterocycles. The van der Waals surface area contributed by atoms with Gasteiger partial charge < -0.3 is 45.0 Å². The molecule has 0 atom stereocenters. The first-order valence-corrected chi connectivity index (χ1v) is 3.26. The van der Waals surface area contributed by atoms with Gasteiger partial charge in [-0.2, -0.15) is 0 Å². The molecule has 0 saturated heterocycles. The predicted molar refractivity (Wildman–Crippen MR) is 37.9 cm³/mol. The molecule has 14 heteroatoms. The van der Waals surface area contributed by atoms with E-state index in [0.29, 0.717) is 0 Å². The second-order valence-electron chi connectivity index (χ2n) is 1.78. The van der Waals surface area contributed by atoms with Crippen LogP contribution >= 0.6 is 0 Å². The first-order valence-electron chi connectivity index (χ1n) is 3.26. The molecule has 1 radical (unpaired) electrons. The average molecular weight is 345 g/mol. The maximum atomic E-state index is 9.10. The topological polar surface area (TPSA) is 232 Å². The Balaban J connectivity index is -0.0000000536. The van der Waals surface area contributed by atoms with Crippen LogP contribution in [0.25, 0.3) is 0 Å². The summed E-state index contributed by atoms with van der Waals surface area (Å²) in [5.74, 6) is -12.0. The van der Waals surface area contributed by atoms with Crippen LogP contribution in [0.3, 0.4) is 0 Å². The summed E-state index contributed by atoms with van der Waals surface area (Å²) in [7, 11) is 0. The summed E-state index contributed by atoms with van der Waals surface area (Å²) in [6.07, 6.45) is 0. The van der Waals surface area contributed by atoms with Gasteiger partial charge in [0.2, 0.25) is 0 Å². The van der Waals surface area contributed by atoms with E-state index < -0.39 is 35.8 Å². The molecule has 0 rings (SSSR count). The summed E-state index contributed by atoms with van der Waals surface area (Å²) in [6, 6.07) is 0. The van der Waals surface area contributed by atoms with Crippen LogP contribution in [-0.2, 0) is 45.8 Å². The molecule has 107 valence electrons. The first-order chi connectivity index (χ1) is 7.93. The van der Waals surface area contributed by atoms with Gasteiger partial charge in [0.1, 0.15) is 0 Å². The number of hydrogen-bond donors (Lipinski definition) is 3. The fourth-order valence-electron chi connectivity index (χ4n) is 0. The van der Waals surface area contributed by atoms with Gasteiger partial charge in [-0.1, -0.05) is 0 Å². The number of carboxylic acid groups (broad SMARTS) is 6. The van der Waals surface area contributed by atoms with Crippen LogP contribution in [0.4, 0.5) is 0 Å². The van der Waals surface area contributed by atoms with E-state index in [0.717, 1.165) is 0 Å². The molecule has 0 saturated carbocycles. The maximum Gasteiger partial charge on any atom is 2.00 e. The molecule has 0 unspecified atom stereocenters. The largest absolute Gasteiger partial charge is 2.00 e. The Kier molecular flexibility index (Phi) is 26.9. The van der Waals surface area contributed by atoms with Crippen molar-refractivity contribution in [2.24, 2.45) is 0 Å². The molecule has 20 heavy (non-hydrogen) atoms. The third kappa shape index (κ3) is 36.0. The number of aliphatic carboxylic acids is 6. The Labute approximate surface area is 141 Å². The van der Waals surface area contributed by atoms with E-state index in [9.17, 15) is 0 Å². The van der Waals surface area contributed by atoms with Gasteiger partial charge in [-0.05, 0) is 0 Å².